The van der Waals surface area contributed by atoms with Gasteiger partial charge in [0.1, 0.15) is 0 Å². The van der Waals surface area contributed by atoms with Crippen molar-refractivity contribution in [1.82, 2.24) is 0 Å². The molecule has 0 fully saturated rings. The van der Waals surface area contributed by atoms with E-state index in [1.165, 1.54) is 50.1 Å². The van der Waals surface area contributed by atoms with Gasteiger partial charge in [-0.3, -0.25) is 0 Å². The molecule has 0 aromatic heterocycles. The molecule has 2 aliphatic carbocycles. The van der Waals surface area contributed by atoms with Gasteiger partial charge < -0.3 is 0 Å². The Morgan fingerprint density at radius 3 is 2.00 bits per heavy atom. The fourth-order valence-corrected chi connectivity index (χ4v) is 5.73. The second-order valence-corrected chi connectivity index (χ2v) is 12.8. The van der Waals surface area contributed by atoms with Gasteiger partial charge in [-0.1, -0.05) is 72.8 Å². The number of aryl methyl sites for hydroxylation is 3. The average Bonchev–Trinajstić information content (AvgIpc) is 3.39. The fourth-order valence-electron chi connectivity index (χ4n) is 5.73. The summed E-state index contributed by atoms with van der Waals surface area (Å²) in [4.78, 5) is 0. The summed E-state index contributed by atoms with van der Waals surface area (Å²) in [6.45, 7) is 4.55. The first-order valence-electron chi connectivity index (χ1n) is 11.5. The summed E-state index contributed by atoms with van der Waals surface area (Å²) in [6, 6.07) is 27.2. The Bertz CT molecular complexity index is 1340. The number of halogens is 2. The Kier molecular flexibility index (Phi) is 6.94. The van der Waals surface area contributed by atoms with Crippen LogP contribution in [0.1, 0.15) is 44.5 Å². The Labute approximate surface area is 215 Å². The number of benzene rings is 4. The SMILES string of the molecule is Cc1ccc2c(c1CCc1ccc(C)c3c1Cc1ccccc1-3)Cc1ccccc1-2.[Cl][Zr][Cl]. The maximum atomic E-state index is 4.93. The van der Waals surface area contributed by atoms with Gasteiger partial charge in [-0.15, -0.1) is 0 Å². The molecule has 2 aliphatic rings. The van der Waals surface area contributed by atoms with Gasteiger partial charge in [-0.25, -0.2) is 0 Å². The van der Waals surface area contributed by atoms with E-state index in [-0.39, 0.29) is 0 Å². The van der Waals surface area contributed by atoms with Crippen LogP contribution in [0.25, 0.3) is 22.3 Å². The zero-order chi connectivity index (χ0) is 22.9. The molecule has 4 aromatic rings. The van der Waals surface area contributed by atoms with Crippen LogP contribution in [0.4, 0.5) is 0 Å². The van der Waals surface area contributed by atoms with E-state index in [2.05, 4.69) is 86.6 Å². The second-order valence-electron chi connectivity index (χ2n) is 9.02. The van der Waals surface area contributed by atoms with Gasteiger partial charge >= 0.3 is 37.9 Å². The van der Waals surface area contributed by atoms with E-state index in [1.54, 1.807) is 16.7 Å². The zero-order valence-corrected chi connectivity index (χ0v) is 23.0. The van der Waals surface area contributed by atoms with Crippen LogP contribution in [-0.2, 0) is 46.5 Å². The second kappa shape index (κ2) is 9.91. The van der Waals surface area contributed by atoms with Gasteiger partial charge in [-0.2, -0.15) is 0 Å². The minimum absolute atomic E-state index is 0.826. The van der Waals surface area contributed by atoms with Crippen LogP contribution >= 0.6 is 17.0 Å². The molecule has 0 spiro atoms. The first-order valence-corrected chi connectivity index (χ1v) is 17.8. The molecule has 0 amide bonds. The molecule has 33 heavy (non-hydrogen) atoms. The normalized spacial score (nSPS) is 12.2. The topological polar surface area (TPSA) is 0 Å². The van der Waals surface area contributed by atoms with Crippen LogP contribution in [0.3, 0.4) is 0 Å². The van der Waals surface area contributed by atoms with E-state index in [0.29, 0.717) is 0 Å². The first-order chi connectivity index (χ1) is 16.1. The fraction of sp³-hybridized carbons (Fsp3) is 0.200. The number of hydrogen-bond donors (Lipinski definition) is 0. The third kappa shape index (κ3) is 4.29. The molecule has 0 N–H and O–H groups in total. The van der Waals surface area contributed by atoms with Gasteiger partial charge in [0, 0.05) is 0 Å². The van der Waals surface area contributed by atoms with E-state index in [4.69, 9.17) is 17.0 Å². The molecule has 0 heterocycles. The molecular weight excluding hydrogens is 522 g/mol. The standard InChI is InChI=1S/C30H26.2ClH.Zr/c1-19-12-15-27-25-9-5-3-7-22(25)18-29(27)24(19)16-14-21-13-11-20(2)30-26-10-6-4-8-23(26)17-28(21)30;;;/h3-13,15H,14,16-18H2,1-2H3;2*1H;/q;;;+2/p-2. The molecule has 0 unspecified atom stereocenters. The van der Waals surface area contributed by atoms with Gasteiger partial charge in [0.2, 0.25) is 0 Å². The molecule has 0 bridgehead atoms. The van der Waals surface area contributed by atoms with Crippen LogP contribution in [0.15, 0.2) is 72.8 Å². The van der Waals surface area contributed by atoms with Gasteiger partial charge in [0.05, 0.1) is 0 Å². The third-order valence-corrected chi connectivity index (χ3v) is 7.26. The summed E-state index contributed by atoms with van der Waals surface area (Å²) in [7, 11) is 9.87. The Hall–Kier alpha value is -1.66. The predicted molar refractivity (Wildman–Crippen MR) is 138 cm³/mol. The first kappa shape index (κ1) is 23.1. The zero-order valence-electron chi connectivity index (χ0n) is 19.0. The molecule has 0 nitrogen and oxygen atoms in total. The van der Waals surface area contributed by atoms with Crippen molar-refractivity contribution < 1.29 is 20.8 Å². The molecule has 0 atom stereocenters. The van der Waals surface area contributed by atoms with Gasteiger partial charge in [-0.05, 0) is 106 Å². The summed E-state index contributed by atoms with van der Waals surface area (Å²) in [5.41, 5.74) is 17.8. The molecule has 164 valence electrons. The van der Waals surface area contributed by atoms with Crippen molar-refractivity contribution in [3.05, 3.63) is 117 Å². The van der Waals surface area contributed by atoms with Crippen molar-refractivity contribution >= 4 is 17.0 Å². The summed E-state index contributed by atoms with van der Waals surface area (Å²) >= 11 is -0.826. The number of fused-ring (bicyclic) bond motifs is 6. The molecule has 0 saturated carbocycles. The number of hydrogen-bond acceptors (Lipinski definition) is 0. The van der Waals surface area contributed by atoms with Crippen LogP contribution < -0.4 is 0 Å². The van der Waals surface area contributed by atoms with Crippen LogP contribution in [-0.4, -0.2) is 0 Å². The molecule has 0 aliphatic heterocycles. The van der Waals surface area contributed by atoms with E-state index in [0.717, 1.165) is 25.7 Å². The summed E-state index contributed by atoms with van der Waals surface area (Å²) in [6.07, 6.45) is 4.40. The van der Waals surface area contributed by atoms with Gasteiger partial charge in [0.15, 0.2) is 0 Å². The van der Waals surface area contributed by atoms with Crippen LogP contribution in [0.2, 0.25) is 0 Å². The van der Waals surface area contributed by atoms with E-state index < -0.39 is 20.8 Å². The molecule has 6 rings (SSSR count). The molecule has 0 saturated heterocycles. The molecule has 3 heteroatoms. The monoisotopic (exact) mass is 546 g/mol. The van der Waals surface area contributed by atoms with Crippen molar-refractivity contribution in [3.8, 4) is 22.3 Å². The van der Waals surface area contributed by atoms with E-state index in [1.807, 2.05) is 0 Å². The van der Waals surface area contributed by atoms with Crippen molar-refractivity contribution in [2.45, 2.75) is 39.5 Å². The number of rotatable bonds is 3. The van der Waals surface area contributed by atoms with Crippen LogP contribution in [0.5, 0.6) is 0 Å². The predicted octanol–water partition coefficient (Wildman–Crippen LogP) is 8.61. The Morgan fingerprint density at radius 1 is 0.636 bits per heavy atom. The summed E-state index contributed by atoms with van der Waals surface area (Å²) in [5.74, 6) is 0. The Balaban J connectivity index is 0.000000724. The molecule has 4 aromatic carbocycles. The van der Waals surface area contributed by atoms with Crippen molar-refractivity contribution in [2.75, 3.05) is 0 Å². The minimum atomic E-state index is -0.826. The average molecular weight is 549 g/mol. The quantitative estimate of drug-likeness (QED) is 0.208. The van der Waals surface area contributed by atoms with Gasteiger partial charge in [0.25, 0.3) is 0 Å². The van der Waals surface area contributed by atoms with E-state index in [9.17, 15) is 0 Å². The summed E-state index contributed by atoms with van der Waals surface area (Å²) in [5, 5.41) is 0. The summed E-state index contributed by atoms with van der Waals surface area (Å²) < 4.78 is 0. The molecule has 0 radical (unpaired) electrons. The van der Waals surface area contributed by atoms with Crippen molar-refractivity contribution in [1.29, 1.82) is 0 Å². The molecular formula is C30H26Cl2Zr. The van der Waals surface area contributed by atoms with Crippen LogP contribution in [0, 0.1) is 13.8 Å². The van der Waals surface area contributed by atoms with E-state index >= 15 is 0 Å². The maximum absolute atomic E-state index is 4.93. The van der Waals surface area contributed by atoms with Crippen molar-refractivity contribution in [2.24, 2.45) is 0 Å². The Morgan fingerprint density at radius 2 is 1.24 bits per heavy atom. The third-order valence-electron chi connectivity index (χ3n) is 7.26. The van der Waals surface area contributed by atoms with Crippen molar-refractivity contribution in [3.63, 3.8) is 0 Å².